The zero-order valence-electron chi connectivity index (χ0n) is 12.0. The average molecular weight is 380 g/mol. The van der Waals surface area contributed by atoms with Crippen molar-refractivity contribution in [3.8, 4) is 5.75 Å². The van der Waals surface area contributed by atoms with Crippen molar-refractivity contribution in [2.24, 2.45) is 5.92 Å². The maximum atomic E-state index is 12.4. The van der Waals surface area contributed by atoms with E-state index in [0.717, 1.165) is 0 Å². The molecule has 2 N–H and O–H groups in total. The summed E-state index contributed by atoms with van der Waals surface area (Å²) >= 11 is 3.15. The van der Waals surface area contributed by atoms with Crippen LogP contribution >= 0.6 is 15.9 Å². The Labute approximate surface area is 132 Å². The van der Waals surface area contributed by atoms with E-state index in [-0.39, 0.29) is 17.2 Å². The van der Waals surface area contributed by atoms with Crippen LogP contribution in [0.2, 0.25) is 0 Å². The molecule has 0 bridgehead atoms. The average Bonchev–Trinajstić information content (AvgIpc) is 2.37. The first-order chi connectivity index (χ1) is 9.67. The molecule has 1 aromatic carbocycles. The summed E-state index contributed by atoms with van der Waals surface area (Å²) in [6.45, 7) is 3.65. The Morgan fingerprint density at radius 2 is 2.05 bits per heavy atom. The molecule has 0 radical (unpaired) electrons. The number of aliphatic carboxylic acids is 1. The van der Waals surface area contributed by atoms with E-state index in [1.54, 1.807) is 6.07 Å². The summed E-state index contributed by atoms with van der Waals surface area (Å²) in [5.74, 6) is -0.789. The zero-order valence-corrected chi connectivity index (χ0v) is 14.4. The van der Waals surface area contributed by atoms with E-state index in [4.69, 9.17) is 9.84 Å². The van der Waals surface area contributed by atoms with Gasteiger partial charge in [0.15, 0.2) is 0 Å². The number of carbonyl (C=O) groups is 1. The highest BCUT2D eigenvalue weighted by atomic mass is 79.9. The van der Waals surface area contributed by atoms with Gasteiger partial charge < -0.3 is 9.84 Å². The van der Waals surface area contributed by atoms with E-state index in [1.165, 1.54) is 19.2 Å². The predicted molar refractivity (Wildman–Crippen MR) is 81.9 cm³/mol. The SMILES string of the molecule is COc1ccc(Br)c(S(=O)(=O)N[C@@H](CC(C)C)C(=O)O)c1. The maximum Gasteiger partial charge on any atom is 0.321 e. The molecule has 0 heterocycles. The van der Waals surface area contributed by atoms with Crippen LogP contribution in [0.5, 0.6) is 5.75 Å². The maximum absolute atomic E-state index is 12.4. The fourth-order valence-corrected chi connectivity index (χ4v) is 3.92. The molecule has 1 atom stereocenters. The third kappa shape index (κ3) is 4.98. The number of hydrogen-bond acceptors (Lipinski definition) is 4. The number of sulfonamides is 1. The van der Waals surface area contributed by atoms with Crippen molar-refractivity contribution in [3.05, 3.63) is 22.7 Å². The first kappa shape index (κ1) is 17.9. The van der Waals surface area contributed by atoms with Crippen LogP contribution in [0.4, 0.5) is 0 Å². The molecule has 0 aliphatic carbocycles. The van der Waals surface area contributed by atoms with Gasteiger partial charge in [-0.3, -0.25) is 4.79 Å². The predicted octanol–water partition coefficient (Wildman–Crippen LogP) is 2.24. The molecule has 0 amide bonds. The van der Waals surface area contributed by atoms with Crippen molar-refractivity contribution in [2.75, 3.05) is 7.11 Å². The minimum atomic E-state index is -3.97. The Bertz CT molecular complexity index is 615. The number of nitrogens with one attached hydrogen (secondary N) is 1. The zero-order chi connectivity index (χ0) is 16.2. The molecule has 8 heteroatoms. The van der Waals surface area contributed by atoms with Gasteiger partial charge in [0, 0.05) is 10.5 Å². The molecule has 0 saturated heterocycles. The van der Waals surface area contributed by atoms with Crippen molar-refractivity contribution in [1.82, 2.24) is 4.72 Å². The highest BCUT2D eigenvalue weighted by Crippen LogP contribution is 2.27. The summed E-state index contributed by atoms with van der Waals surface area (Å²) in [6, 6.07) is 3.30. The fraction of sp³-hybridized carbons (Fsp3) is 0.462. The molecular weight excluding hydrogens is 362 g/mol. The van der Waals surface area contributed by atoms with Crippen LogP contribution in [0.3, 0.4) is 0 Å². The first-order valence-electron chi connectivity index (χ1n) is 6.26. The second-order valence-electron chi connectivity index (χ2n) is 4.94. The number of methoxy groups -OCH3 is 1. The molecule has 0 unspecified atom stereocenters. The van der Waals surface area contributed by atoms with E-state index in [1.807, 2.05) is 13.8 Å². The number of hydrogen-bond donors (Lipinski definition) is 2. The summed E-state index contributed by atoms with van der Waals surface area (Å²) < 4.78 is 32.3. The molecule has 118 valence electrons. The summed E-state index contributed by atoms with van der Waals surface area (Å²) in [7, 11) is -2.55. The minimum absolute atomic E-state index is 0.0440. The standard InChI is InChI=1S/C13H18BrNO5S/c1-8(2)6-11(13(16)17)15-21(18,19)12-7-9(20-3)4-5-10(12)14/h4-5,7-8,11,15H,6H2,1-3H3,(H,16,17)/t11-/m0/s1. The highest BCUT2D eigenvalue weighted by molar-refractivity contribution is 9.10. The number of halogens is 1. The molecule has 0 aromatic heterocycles. The summed E-state index contributed by atoms with van der Waals surface area (Å²) in [5, 5.41) is 9.14. The number of carboxylic acids is 1. The molecule has 0 fully saturated rings. The van der Waals surface area contributed by atoms with Crippen LogP contribution in [0.15, 0.2) is 27.6 Å². The lowest BCUT2D eigenvalue weighted by Gasteiger charge is -2.17. The Hall–Kier alpha value is -1.12. The molecule has 21 heavy (non-hydrogen) atoms. The first-order valence-corrected chi connectivity index (χ1v) is 8.53. The van der Waals surface area contributed by atoms with Gasteiger partial charge in [-0.05, 0) is 40.4 Å². The third-order valence-corrected chi connectivity index (χ3v) is 5.20. The third-order valence-electron chi connectivity index (χ3n) is 2.73. The molecule has 6 nitrogen and oxygen atoms in total. The van der Waals surface area contributed by atoms with Gasteiger partial charge in [-0.2, -0.15) is 4.72 Å². The van der Waals surface area contributed by atoms with Gasteiger partial charge in [0.05, 0.1) is 12.0 Å². The van der Waals surface area contributed by atoms with Gasteiger partial charge in [0.1, 0.15) is 11.8 Å². The fourth-order valence-electron chi connectivity index (χ4n) is 1.74. The molecule has 0 aliphatic rings. The number of rotatable bonds is 7. The van der Waals surface area contributed by atoms with E-state index in [9.17, 15) is 13.2 Å². The van der Waals surface area contributed by atoms with Crippen LogP contribution < -0.4 is 9.46 Å². The Kier molecular flexibility index (Phi) is 6.18. The minimum Gasteiger partial charge on any atom is -0.497 e. The molecule has 0 aliphatic heterocycles. The van der Waals surface area contributed by atoms with Crippen LogP contribution in [0.1, 0.15) is 20.3 Å². The van der Waals surface area contributed by atoms with Gasteiger partial charge in [-0.15, -0.1) is 0 Å². The molecule has 1 aromatic rings. The van der Waals surface area contributed by atoms with Crippen molar-refractivity contribution < 1.29 is 23.1 Å². The second-order valence-corrected chi connectivity index (χ2v) is 7.47. The summed E-state index contributed by atoms with van der Waals surface area (Å²) in [5.41, 5.74) is 0. The van der Waals surface area contributed by atoms with Crippen LogP contribution in [0.25, 0.3) is 0 Å². The normalized spacial score (nSPS) is 13.2. The van der Waals surface area contributed by atoms with E-state index in [2.05, 4.69) is 20.7 Å². The Balaban J connectivity index is 3.12. The highest BCUT2D eigenvalue weighted by Gasteiger charge is 2.27. The van der Waals surface area contributed by atoms with Crippen LogP contribution in [0, 0.1) is 5.92 Å². The van der Waals surface area contributed by atoms with Crippen molar-refractivity contribution in [1.29, 1.82) is 0 Å². The number of benzene rings is 1. The van der Waals surface area contributed by atoms with Crippen LogP contribution in [-0.2, 0) is 14.8 Å². The molecular formula is C13H18BrNO5S. The van der Waals surface area contributed by atoms with Crippen molar-refractivity contribution >= 4 is 31.9 Å². The van der Waals surface area contributed by atoms with E-state index < -0.39 is 22.0 Å². The lowest BCUT2D eigenvalue weighted by atomic mass is 10.1. The molecule has 1 rings (SSSR count). The van der Waals surface area contributed by atoms with Crippen LogP contribution in [-0.4, -0.2) is 32.6 Å². The molecule has 0 saturated carbocycles. The Morgan fingerprint density at radius 1 is 1.43 bits per heavy atom. The van der Waals surface area contributed by atoms with Crippen molar-refractivity contribution in [3.63, 3.8) is 0 Å². The van der Waals surface area contributed by atoms with Gasteiger partial charge >= 0.3 is 5.97 Å². The van der Waals surface area contributed by atoms with Gasteiger partial charge in [-0.25, -0.2) is 8.42 Å². The quantitative estimate of drug-likeness (QED) is 0.757. The van der Waals surface area contributed by atoms with Gasteiger partial charge in [0.2, 0.25) is 10.0 Å². The smallest absolute Gasteiger partial charge is 0.321 e. The van der Waals surface area contributed by atoms with Crippen molar-refractivity contribution in [2.45, 2.75) is 31.2 Å². The Morgan fingerprint density at radius 3 is 2.52 bits per heavy atom. The second kappa shape index (κ2) is 7.24. The topological polar surface area (TPSA) is 92.7 Å². The lowest BCUT2D eigenvalue weighted by molar-refractivity contribution is -0.139. The summed E-state index contributed by atoms with van der Waals surface area (Å²) in [6.07, 6.45) is 0.205. The molecule has 0 spiro atoms. The number of carboxylic acid groups (broad SMARTS) is 1. The van der Waals surface area contributed by atoms with E-state index >= 15 is 0 Å². The monoisotopic (exact) mass is 379 g/mol. The van der Waals surface area contributed by atoms with Gasteiger partial charge in [-0.1, -0.05) is 13.8 Å². The van der Waals surface area contributed by atoms with E-state index in [0.29, 0.717) is 10.2 Å². The van der Waals surface area contributed by atoms with Gasteiger partial charge in [0.25, 0.3) is 0 Å². The largest absolute Gasteiger partial charge is 0.497 e. The lowest BCUT2D eigenvalue weighted by Crippen LogP contribution is -2.41. The number of ether oxygens (including phenoxy) is 1. The summed E-state index contributed by atoms with van der Waals surface area (Å²) in [4.78, 5) is 11.1.